The van der Waals surface area contributed by atoms with E-state index in [2.05, 4.69) is 5.10 Å². The van der Waals surface area contributed by atoms with Crippen molar-refractivity contribution in [2.45, 2.75) is 38.0 Å². The number of aryl methyl sites for hydroxylation is 1. The molecule has 1 unspecified atom stereocenters. The van der Waals surface area contributed by atoms with Crippen molar-refractivity contribution >= 4 is 5.91 Å². The van der Waals surface area contributed by atoms with Gasteiger partial charge < -0.3 is 4.90 Å². The number of carbonyl (C=O) groups excluding carboxylic acids is 1. The van der Waals surface area contributed by atoms with Gasteiger partial charge in [-0.2, -0.15) is 22.7 Å². The SMILES string of the molecule is CC(c1ccc(-c2ccccc2)cc1)N(C(=O)c1c(C(F)(F)F)nn(C)c1F)C1CC1. The fourth-order valence-electron chi connectivity index (χ4n) is 3.78. The number of nitrogens with zero attached hydrogens (tertiary/aromatic N) is 3. The summed E-state index contributed by atoms with van der Waals surface area (Å²) in [6, 6.07) is 16.5. The Hall–Kier alpha value is -3.16. The van der Waals surface area contributed by atoms with Gasteiger partial charge in [0.05, 0.1) is 6.04 Å². The normalized spacial score (nSPS) is 15.0. The van der Waals surface area contributed by atoms with Gasteiger partial charge in [0.25, 0.3) is 5.91 Å². The second-order valence-electron chi connectivity index (χ2n) is 7.74. The number of hydrogen-bond donors (Lipinski definition) is 0. The van der Waals surface area contributed by atoms with Crippen molar-refractivity contribution in [2.24, 2.45) is 7.05 Å². The summed E-state index contributed by atoms with van der Waals surface area (Å²) in [5.41, 5.74) is 0.268. The highest BCUT2D eigenvalue weighted by Gasteiger charge is 2.45. The molecule has 1 atom stereocenters. The van der Waals surface area contributed by atoms with Gasteiger partial charge in [-0.1, -0.05) is 54.6 Å². The van der Waals surface area contributed by atoms with Crippen LogP contribution in [0, 0.1) is 5.95 Å². The number of aromatic nitrogens is 2. The average Bonchev–Trinajstić information content (AvgIpc) is 3.53. The van der Waals surface area contributed by atoms with Crippen LogP contribution in [0.4, 0.5) is 17.6 Å². The predicted octanol–water partition coefficient (Wildman–Crippen LogP) is 5.61. The summed E-state index contributed by atoms with van der Waals surface area (Å²) in [4.78, 5) is 14.5. The number of rotatable bonds is 5. The Labute approximate surface area is 177 Å². The van der Waals surface area contributed by atoms with Gasteiger partial charge in [0.15, 0.2) is 5.69 Å². The molecule has 1 amide bonds. The van der Waals surface area contributed by atoms with E-state index >= 15 is 0 Å². The third kappa shape index (κ3) is 4.06. The van der Waals surface area contributed by atoms with Gasteiger partial charge in [-0.15, -0.1) is 0 Å². The Morgan fingerprint density at radius 3 is 2.19 bits per heavy atom. The molecule has 2 aromatic carbocycles. The molecule has 1 saturated carbocycles. The number of halogens is 4. The molecule has 0 aliphatic heterocycles. The lowest BCUT2D eigenvalue weighted by atomic mass is 10.00. The molecule has 0 bridgehead atoms. The van der Waals surface area contributed by atoms with E-state index < -0.39 is 35.3 Å². The van der Waals surface area contributed by atoms with Gasteiger partial charge in [-0.05, 0) is 36.5 Å². The third-order valence-electron chi connectivity index (χ3n) is 5.55. The van der Waals surface area contributed by atoms with Gasteiger partial charge in [-0.25, -0.2) is 4.68 Å². The van der Waals surface area contributed by atoms with Crippen molar-refractivity contribution < 1.29 is 22.4 Å². The summed E-state index contributed by atoms with van der Waals surface area (Å²) >= 11 is 0. The van der Waals surface area contributed by atoms with Crippen LogP contribution in [0.25, 0.3) is 11.1 Å². The lowest BCUT2D eigenvalue weighted by molar-refractivity contribution is -0.141. The summed E-state index contributed by atoms with van der Waals surface area (Å²) in [7, 11) is 1.05. The van der Waals surface area contributed by atoms with Crippen LogP contribution < -0.4 is 0 Å². The van der Waals surface area contributed by atoms with Crippen molar-refractivity contribution in [2.75, 3.05) is 0 Å². The molecule has 8 heteroatoms. The smallest absolute Gasteiger partial charge is 0.329 e. The summed E-state index contributed by atoms with van der Waals surface area (Å²) in [6.45, 7) is 1.75. The number of benzene rings is 2. The van der Waals surface area contributed by atoms with E-state index in [4.69, 9.17) is 0 Å². The summed E-state index contributed by atoms with van der Waals surface area (Å²) in [5.74, 6) is -2.27. The van der Waals surface area contributed by atoms with Crippen LogP contribution in [0.2, 0.25) is 0 Å². The molecule has 0 saturated heterocycles. The van der Waals surface area contributed by atoms with Crippen molar-refractivity contribution in [3.63, 3.8) is 0 Å². The minimum absolute atomic E-state index is 0.225. The van der Waals surface area contributed by atoms with Gasteiger partial charge in [0.1, 0.15) is 5.56 Å². The molecular weight excluding hydrogens is 410 g/mol. The van der Waals surface area contributed by atoms with E-state index in [0.717, 1.165) is 23.7 Å². The zero-order chi connectivity index (χ0) is 22.3. The van der Waals surface area contributed by atoms with Gasteiger partial charge in [0.2, 0.25) is 5.95 Å². The number of alkyl halides is 3. The Morgan fingerprint density at radius 2 is 1.65 bits per heavy atom. The highest BCUT2D eigenvalue weighted by molar-refractivity contribution is 5.96. The summed E-state index contributed by atoms with van der Waals surface area (Å²) in [5, 5.41) is 3.21. The molecule has 162 valence electrons. The quantitative estimate of drug-likeness (QED) is 0.493. The minimum atomic E-state index is -4.93. The monoisotopic (exact) mass is 431 g/mol. The molecule has 1 aliphatic carbocycles. The van der Waals surface area contributed by atoms with Crippen LogP contribution >= 0.6 is 0 Å². The Kier molecular flexibility index (Phi) is 5.33. The van der Waals surface area contributed by atoms with Crippen LogP contribution in [-0.4, -0.2) is 26.6 Å². The largest absolute Gasteiger partial charge is 0.436 e. The molecule has 1 heterocycles. The van der Waals surface area contributed by atoms with E-state index in [-0.39, 0.29) is 6.04 Å². The lowest BCUT2D eigenvalue weighted by Gasteiger charge is -2.30. The van der Waals surface area contributed by atoms with Gasteiger partial charge in [0, 0.05) is 13.1 Å². The number of hydrogen-bond acceptors (Lipinski definition) is 2. The van der Waals surface area contributed by atoms with Crippen LogP contribution in [0.1, 0.15) is 47.4 Å². The Balaban J connectivity index is 1.67. The fourth-order valence-corrected chi connectivity index (χ4v) is 3.78. The van der Waals surface area contributed by atoms with Crippen LogP contribution in [0.3, 0.4) is 0 Å². The van der Waals surface area contributed by atoms with Crippen LogP contribution in [-0.2, 0) is 13.2 Å². The second kappa shape index (κ2) is 7.83. The zero-order valence-corrected chi connectivity index (χ0v) is 17.0. The zero-order valence-electron chi connectivity index (χ0n) is 17.0. The molecule has 1 aliphatic rings. The predicted molar refractivity (Wildman–Crippen MR) is 108 cm³/mol. The van der Waals surface area contributed by atoms with Crippen LogP contribution in [0.15, 0.2) is 54.6 Å². The van der Waals surface area contributed by atoms with Crippen molar-refractivity contribution in [3.8, 4) is 11.1 Å². The maximum absolute atomic E-state index is 14.5. The topological polar surface area (TPSA) is 38.1 Å². The van der Waals surface area contributed by atoms with Gasteiger partial charge >= 0.3 is 6.18 Å². The molecule has 4 nitrogen and oxygen atoms in total. The first kappa shape index (κ1) is 21.1. The van der Waals surface area contributed by atoms with E-state index in [1.54, 1.807) is 6.92 Å². The van der Waals surface area contributed by atoms with E-state index in [0.29, 0.717) is 17.5 Å². The van der Waals surface area contributed by atoms with Crippen molar-refractivity contribution in [1.82, 2.24) is 14.7 Å². The first-order valence-corrected chi connectivity index (χ1v) is 9.96. The van der Waals surface area contributed by atoms with E-state index in [1.807, 2.05) is 54.6 Å². The maximum Gasteiger partial charge on any atom is 0.436 e. The molecule has 1 fully saturated rings. The highest BCUT2D eigenvalue weighted by Crippen LogP contribution is 2.39. The summed E-state index contributed by atoms with van der Waals surface area (Å²) < 4.78 is 55.2. The van der Waals surface area contributed by atoms with E-state index in [9.17, 15) is 22.4 Å². The van der Waals surface area contributed by atoms with Crippen molar-refractivity contribution in [1.29, 1.82) is 0 Å². The van der Waals surface area contributed by atoms with E-state index in [1.165, 1.54) is 4.90 Å². The highest BCUT2D eigenvalue weighted by atomic mass is 19.4. The minimum Gasteiger partial charge on any atom is -0.329 e. The molecule has 1 aromatic heterocycles. The molecule has 3 aromatic rings. The standard InChI is InChI=1S/C23H21F4N3O/c1-14(15-8-10-17(11-9-15)16-6-4-3-5-7-16)30(18-12-13-18)22(31)19-20(23(25,26)27)28-29(2)21(19)24/h3-11,14,18H,12-13H2,1-2H3. The molecule has 4 rings (SSSR count). The molecule has 0 N–H and O–H groups in total. The first-order valence-electron chi connectivity index (χ1n) is 9.96. The second-order valence-corrected chi connectivity index (χ2v) is 7.74. The number of amides is 1. The molecule has 0 spiro atoms. The average molecular weight is 431 g/mol. The summed E-state index contributed by atoms with van der Waals surface area (Å²) in [6.07, 6.45) is -3.59. The molecule has 31 heavy (non-hydrogen) atoms. The van der Waals surface area contributed by atoms with Gasteiger partial charge in [-0.3, -0.25) is 4.79 Å². The number of carbonyl (C=O) groups is 1. The first-order chi connectivity index (χ1) is 14.7. The van der Waals surface area contributed by atoms with Crippen LogP contribution in [0.5, 0.6) is 0 Å². The fraction of sp³-hybridized carbons (Fsp3) is 0.304. The Bertz CT molecular complexity index is 1090. The molecule has 0 radical (unpaired) electrons. The Morgan fingerprint density at radius 1 is 1.06 bits per heavy atom. The van der Waals surface area contributed by atoms with Crippen molar-refractivity contribution in [3.05, 3.63) is 77.4 Å². The third-order valence-corrected chi connectivity index (χ3v) is 5.55. The molecular formula is C23H21F4N3O. The maximum atomic E-state index is 14.5. The lowest BCUT2D eigenvalue weighted by Crippen LogP contribution is -2.37.